The Labute approximate surface area is 172 Å². The predicted octanol–water partition coefficient (Wildman–Crippen LogP) is 3.23. The smallest absolute Gasteiger partial charge is 0.269 e. The molecule has 0 atom stereocenters. The standard InChI is InChI=1S/C17H15Br2N3O3S/c1-10-7-12(18)8-13(19)15(10)25-9-14(23)20-17(26)22-21-16(24)11-5-3-2-4-6-11/h2-8H,9H2,1H3,(H,21,24)(H2,20,22,23,26). The van der Waals surface area contributed by atoms with E-state index in [2.05, 4.69) is 48.0 Å². The van der Waals surface area contributed by atoms with Crippen LogP contribution in [0.15, 0.2) is 51.4 Å². The molecule has 0 saturated heterocycles. The summed E-state index contributed by atoms with van der Waals surface area (Å²) in [6, 6.07) is 12.3. The van der Waals surface area contributed by atoms with Crippen LogP contribution in [0.4, 0.5) is 0 Å². The van der Waals surface area contributed by atoms with Gasteiger partial charge in [-0.15, -0.1) is 0 Å². The van der Waals surface area contributed by atoms with Gasteiger partial charge in [0, 0.05) is 10.0 Å². The number of amides is 2. The summed E-state index contributed by atoms with van der Waals surface area (Å²) in [4.78, 5) is 23.8. The van der Waals surface area contributed by atoms with E-state index < -0.39 is 5.91 Å². The fourth-order valence-corrected chi connectivity index (χ4v) is 3.70. The molecule has 3 N–H and O–H groups in total. The maximum Gasteiger partial charge on any atom is 0.269 e. The number of aryl methyl sites for hydroxylation is 1. The number of hydrogen-bond donors (Lipinski definition) is 3. The van der Waals surface area contributed by atoms with Crippen LogP contribution in [0, 0.1) is 6.92 Å². The lowest BCUT2D eigenvalue weighted by Crippen LogP contribution is -2.49. The van der Waals surface area contributed by atoms with E-state index in [4.69, 9.17) is 17.0 Å². The van der Waals surface area contributed by atoms with Crippen molar-refractivity contribution in [3.8, 4) is 5.75 Å². The minimum Gasteiger partial charge on any atom is -0.482 e. The summed E-state index contributed by atoms with van der Waals surface area (Å²) in [7, 11) is 0. The number of thiocarbonyl (C=S) groups is 1. The second-order valence-corrected chi connectivity index (χ2v) is 7.32. The van der Waals surface area contributed by atoms with E-state index in [-0.39, 0.29) is 17.6 Å². The van der Waals surface area contributed by atoms with Crippen molar-refractivity contribution in [1.82, 2.24) is 16.2 Å². The molecular weight excluding hydrogens is 486 g/mol. The number of hydrazine groups is 1. The van der Waals surface area contributed by atoms with Gasteiger partial charge in [0.15, 0.2) is 11.7 Å². The van der Waals surface area contributed by atoms with Crippen LogP contribution < -0.4 is 20.9 Å². The number of hydrogen-bond acceptors (Lipinski definition) is 4. The molecule has 2 rings (SSSR count). The van der Waals surface area contributed by atoms with Crippen LogP contribution in [0.3, 0.4) is 0 Å². The van der Waals surface area contributed by atoms with Gasteiger partial charge in [0.25, 0.3) is 11.8 Å². The fourth-order valence-electron chi connectivity index (χ4n) is 1.98. The van der Waals surface area contributed by atoms with Crippen molar-refractivity contribution in [2.75, 3.05) is 6.61 Å². The van der Waals surface area contributed by atoms with Crippen molar-refractivity contribution in [2.24, 2.45) is 0 Å². The van der Waals surface area contributed by atoms with Gasteiger partial charge in [-0.25, -0.2) is 0 Å². The summed E-state index contributed by atoms with van der Waals surface area (Å²) < 4.78 is 7.16. The van der Waals surface area contributed by atoms with E-state index in [1.54, 1.807) is 30.3 Å². The highest BCUT2D eigenvalue weighted by Gasteiger charge is 2.11. The molecule has 0 radical (unpaired) electrons. The maximum absolute atomic E-state index is 11.9. The Hall–Kier alpha value is -1.97. The van der Waals surface area contributed by atoms with E-state index in [9.17, 15) is 9.59 Å². The Morgan fingerprint density at radius 1 is 1.12 bits per heavy atom. The Balaban J connectivity index is 1.79. The second kappa shape index (κ2) is 9.65. The van der Waals surface area contributed by atoms with Gasteiger partial charge in [0.2, 0.25) is 0 Å². The third-order valence-electron chi connectivity index (χ3n) is 3.12. The van der Waals surface area contributed by atoms with Crippen LogP contribution in [0.2, 0.25) is 0 Å². The Morgan fingerprint density at radius 3 is 2.46 bits per heavy atom. The number of rotatable bonds is 4. The molecule has 2 aromatic carbocycles. The summed E-state index contributed by atoms with van der Waals surface area (Å²) in [5, 5.41) is 2.39. The van der Waals surface area contributed by atoms with E-state index in [0.717, 1.165) is 14.5 Å². The zero-order valence-corrected chi connectivity index (χ0v) is 17.6. The molecular formula is C17H15Br2N3O3S. The topological polar surface area (TPSA) is 79.5 Å². The Bertz CT molecular complexity index is 808. The highest BCUT2D eigenvalue weighted by Crippen LogP contribution is 2.32. The largest absolute Gasteiger partial charge is 0.482 e. The van der Waals surface area contributed by atoms with Gasteiger partial charge in [0.1, 0.15) is 5.75 Å². The van der Waals surface area contributed by atoms with Crippen molar-refractivity contribution in [3.63, 3.8) is 0 Å². The van der Waals surface area contributed by atoms with Crippen LogP contribution >= 0.6 is 44.1 Å². The van der Waals surface area contributed by atoms with Crippen LogP contribution in [0.1, 0.15) is 15.9 Å². The molecule has 0 bridgehead atoms. The predicted molar refractivity (Wildman–Crippen MR) is 110 cm³/mol. The van der Waals surface area contributed by atoms with Gasteiger partial charge in [-0.1, -0.05) is 34.1 Å². The van der Waals surface area contributed by atoms with E-state index in [1.165, 1.54) is 0 Å². The van der Waals surface area contributed by atoms with E-state index in [0.29, 0.717) is 11.3 Å². The monoisotopic (exact) mass is 499 g/mol. The van der Waals surface area contributed by atoms with Crippen molar-refractivity contribution >= 4 is 61.0 Å². The quantitative estimate of drug-likeness (QED) is 0.443. The maximum atomic E-state index is 11.9. The van der Waals surface area contributed by atoms with Crippen molar-refractivity contribution in [1.29, 1.82) is 0 Å². The molecule has 6 nitrogen and oxygen atoms in total. The molecule has 0 heterocycles. The first-order valence-corrected chi connectivity index (χ1v) is 9.40. The number of benzene rings is 2. The van der Waals surface area contributed by atoms with Crippen LogP contribution in [0.5, 0.6) is 5.75 Å². The van der Waals surface area contributed by atoms with Crippen molar-refractivity contribution in [3.05, 3.63) is 62.5 Å². The lowest BCUT2D eigenvalue weighted by Gasteiger charge is -2.13. The molecule has 0 aliphatic rings. The lowest BCUT2D eigenvalue weighted by molar-refractivity contribution is -0.121. The van der Waals surface area contributed by atoms with E-state index in [1.807, 2.05) is 19.1 Å². The van der Waals surface area contributed by atoms with Gasteiger partial charge >= 0.3 is 0 Å². The summed E-state index contributed by atoms with van der Waals surface area (Å²) in [6.45, 7) is 1.64. The van der Waals surface area contributed by atoms with E-state index >= 15 is 0 Å². The van der Waals surface area contributed by atoms with Gasteiger partial charge in [-0.05, 0) is 64.9 Å². The SMILES string of the molecule is Cc1cc(Br)cc(Br)c1OCC(=O)NC(=S)NNC(=O)c1ccccc1. The number of carbonyl (C=O) groups excluding carboxylic acids is 2. The first-order chi connectivity index (χ1) is 12.4. The van der Waals surface area contributed by atoms with Crippen LogP contribution in [-0.2, 0) is 4.79 Å². The van der Waals surface area contributed by atoms with Crippen molar-refractivity contribution < 1.29 is 14.3 Å². The average Bonchev–Trinajstić information content (AvgIpc) is 2.59. The highest BCUT2D eigenvalue weighted by molar-refractivity contribution is 9.11. The van der Waals surface area contributed by atoms with Crippen LogP contribution in [-0.4, -0.2) is 23.5 Å². The normalized spacial score (nSPS) is 9.96. The third-order valence-corrected chi connectivity index (χ3v) is 4.37. The molecule has 0 unspecified atom stereocenters. The number of nitrogens with one attached hydrogen (secondary N) is 3. The van der Waals surface area contributed by atoms with Crippen molar-refractivity contribution in [2.45, 2.75) is 6.92 Å². The number of halogens is 2. The summed E-state index contributed by atoms with van der Waals surface area (Å²) in [6.07, 6.45) is 0. The Morgan fingerprint density at radius 2 is 1.81 bits per heavy atom. The van der Waals surface area contributed by atoms with Gasteiger partial charge in [0.05, 0.1) is 4.47 Å². The van der Waals surface area contributed by atoms with Gasteiger partial charge in [-0.2, -0.15) is 0 Å². The summed E-state index contributed by atoms with van der Waals surface area (Å²) >= 11 is 11.7. The zero-order valence-electron chi connectivity index (χ0n) is 13.6. The molecule has 9 heteroatoms. The molecule has 0 fully saturated rings. The fraction of sp³-hybridized carbons (Fsp3) is 0.118. The minimum absolute atomic E-state index is 0.0329. The summed E-state index contributed by atoms with van der Waals surface area (Å²) in [5.41, 5.74) is 6.21. The second-order valence-electron chi connectivity index (χ2n) is 5.14. The summed E-state index contributed by atoms with van der Waals surface area (Å²) in [5.74, 6) is -0.252. The third kappa shape index (κ3) is 6.08. The molecule has 2 aromatic rings. The molecule has 0 spiro atoms. The molecule has 136 valence electrons. The molecule has 0 aromatic heterocycles. The first kappa shape index (κ1) is 20.3. The number of carbonyl (C=O) groups is 2. The zero-order chi connectivity index (χ0) is 19.1. The molecule has 0 aliphatic heterocycles. The van der Waals surface area contributed by atoms with Gasteiger partial charge in [-0.3, -0.25) is 25.8 Å². The number of ether oxygens (including phenoxy) is 1. The molecule has 26 heavy (non-hydrogen) atoms. The molecule has 0 aliphatic carbocycles. The molecule has 2 amide bonds. The minimum atomic E-state index is -0.453. The Kier molecular flexibility index (Phi) is 7.55. The highest BCUT2D eigenvalue weighted by atomic mass is 79.9. The lowest BCUT2D eigenvalue weighted by atomic mass is 10.2. The van der Waals surface area contributed by atoms with Crippen LogP contribution in [0.25, 0.3) is 0 Å². The van der Waals surface area contributed by atoms with Gasteiger partial charge < -0.3 is 4.74 Å². The average molecular weight is 501 g/mol. The first-order valence-electron chi connectivity index (χ1n) is 7.40. The molecule has 0 saturated carbocycles.